The van der Waals surface area contributed by atoms with Crippen molar-refractivity contribution >= 4 is 5.90 Å². The Morgan fingerprint density at radius 3 is 2.46 bits per heavy atom. The maximum atomic E-state index is 9.78. The van der Waals surface area contributed by atoms with Crippen LogP contribution in [0.25, 0.3) is 0 Å². The van der Waals surface area contributed by atoms with E-state index in [1.165, 1.54) is 21.3 Å². The Labute approximate surface area is 161 Å². The smallest absolute Gasteiger partial charge is 0.231 e. The summed E-state index contributed by atoms with van der Waals surface area (Å²) >= 11 is 0. The minimum absolute atomic E-state index is 0.0948. The fourth-order valence-corrected chi connectivity index (χ4v) is 3.58. The maximum Gasteiger partial charge on any atom is 0.231 e. The van der Waals surface area contributed by atoms with Crippen LogP contribution in [0.5, 0.6) is 34.5 Å². The number of fused-ring (bicyclic) bond motifs is 2. The van der Waals surface area contributed by atoms with Gasteiger partial charge in [0, 0.05) is 23.6 Å². The SMILES string of the molecule is COc1cc(OC)c2c(c1)OC(=N)C(C#N)C2c1cc(OC)c2c(c1)OCO2. The second-order valence-electron chi connectivity index (χ2n) is 6.25. The molecule has 144 valence electrons. The van der Waals surface area contributed by atoms with Gasteiger partial charge in [-0.1, -0.05) is 0 Å². The van der Waals surface area contributed by atoms with Crippen LogP contribution in [0.1, 0.15) is 17.0 Å². The minimum atomic E-state index is -0.847. The van der Waals surface area contributed by atoms with Gasteiger partial charge >= 0.3 is 0 Å². The zero-order valence-electron chi connectivity index (χ0n) is 15.6. The molecular formula is C20H18N2O6. The van der Waals surface area contributed by atoms with Crippen molar-refractivity contribution < 1.29 is 28.4 Å². The van der Waals surface area contributed by atoms with Gasteiger partial charge in [0.25, 0.3) is 0 Å². The Hall–Kier alpha value is -3.60. The van der Waals surface area contributed by atoms with Gasteiger partial charge in [0.05, 0.1) is 27.4 Å². The average Bonchev–Trinajstić information content (AvgIpc) is 3.19. The highest BCUT2D eigenvalue weighted by molar-refractivity contribution is 5.86. The van der Waals surface area contributed by atoms with Crippen LogP contribution in [-0.4, -0.2) is 34.0 Å². The quantitative estimate of drug-likeness (QED) is 0.867. The van der Waals surface area contributed by atoms with E-state index >= 15 is 0 Å². The molecule has 1 N–H and O–H groups in total. The molecule has 0 bridgehead atoms. The molecule has 4 rings (SSSR count). The first-order valence-electron chi connectivity index (χ1n) is 8.50. The standard InChI is InChI=1S/C20H18N2O6/c1-23-11-6-13(24-2)18-14(7-11)28-20(22)12(8-21)17(18)10-4-15(25-3)19-16(5-10)26-9-27-19/h4-7,12,17,22H,9H2,1-3H3. The first-order valence-corrected chi connectivity index (χ1v) is 8.50. The van der Waals surface area contributed by atoms with E-state index in [9.17, 15) is 5.26 Å². The van der Waals surface area contributed by atoms with E-state index in [-0.39, 0.29) is 12.7 Å². The summed E-state index contributed by atoms with van der Waals surface area (Å²) in [6.07, 6.45) is 0. The van der Waals surface area contributed by atoms with Gasteiger partial charge in [0.2, 0.25) is 18.4 Å². The number of methoxy groups -OCH3 is 3. The van der Waals surface area contributed by atoms with Crippen molar-refractivity contribution in [2.24, 2.45) is 5.92 Å². The van der Waals surface area contributed by atoms with E-state index in [1.807, 2.05) is 0 Å². The van der Waals surface area contributed by atoms with Crippen molar-refractivity contribution in [2.45, 2.75) is 5.92 Å². The number of ether oxygens (including phenoxy) is 6. The van der Waals surface area contributed by atoms with Gasteiger partial charge in [-0.3, -0.25) is 5.41 Å². The molecule has 0 radical (unpaired) electrons. The number of hydrogen-bond donors (Lipinski definition) is 1. The van der Waals surface area contributed by atoms with Crippen LogP contribution in [0.3, 0.4) is 0 Å². The predicted molar refractivity (Wildman–Crippen MR) is 98.0 cm³/mol. The summed E-state index contributed by atoms with van der Waals surface area (Å²) in [6, 6.07) is 9.17. The Bertz CT molecular complexity index is 997. The third-order valence-electron chi connectivity index (χ3n) is 4.86. The summed E-state index contributed by atoms with van der Waals surface area (Å²) in [4.78, 5) is 0. The predicted octanol–water partition coefficient (Wildman–Crippen LogP) is 3.08. The summed E-state index contributed by atoms with van der Waals surface area (Å²) in [5.74, 6) is 1.46. The van der Waals surface area contributed by atoms with Crippen molar-refractivity contribution in [1.82, 2.24) is 0 Å². The molecule has 0 aromatic heterocycles. The Balaban J connectivity index is 1.96. The first kappa shape index (κ1) is 17.8. The topological polar surface area (TPSA) is 103 Å². The summed E-state index contributed by atoms with van der Waals surface area (Å²) < 4.78 is 32.9. The van der Waals surface area contributed by atoms with Crippen molar-refractivity contribution in [1.29, 1.82) is 10.7 Å². The van der Waals surface area contributed by atoms with Gasteiger partial charge in [-0.05, 0) is 17.7 Å². The fraction of sp³-hybridized carbons (Fsp3) is 0.300. The molecular weight excluding hydrogens is 364 g/mol. The van der Waals surface area contributed by atoms with E-state index in [0.717, 1.165) is 5.56 Å². The molecule has 0 saturated heterocycles. The molecule has 0 spiro atoms. The largest absolute Gasteiger partial charge is 0.496 e. The van der Waals surface area contributed by atoms with Crippen LogP contribution < -0.4 is 28.4 Å². The second-order valence-corrected chi connectivity index (χ2v) is 6.25. The molecule has 2 aliphatic rings. The molecule has 2 aromatic carbocycles. The number of hydrogen-bond acceptors (Lipinski definition) is 8. The molecule has 2 aliphatic heterocycles. The van der Waals surface area contributed by atoms with Crippen molar-refractivity contribution in [3.63, 3.8) is 0 Å². The molecule has 28 heavy (non-hydrogen) atoms. The van der Waals surface area contributed by atoms with Crippen molar-refractivity contribution in [2.75, 3.05) is 28.1 Å². The minimum Gasteiger partial charge on any atom is -0.496 e. The molecule has 0 saturated carbocycles. The van der Waals surface area contributed by atoms with Crippen LogP contribution in [0.4, 0.5) is 0 Å². The third-order valence-corrected chi connectivity index (χ3v) is 4.86. The van der Waals surface area contributed by atoms with Crippen LogP contribution in [-0.2, 0) is 0 Å². The average molecular weight is 382 g/mol. The lowest BCUT2D eigenvalue weighted by molar-refractivity contribution is 0.171. The fourth-order valence-electron chi connectivity index (χ4n) is 3.58. The molecule has 0 aliphatic carbocycles. The number of nitrogens with zero attached hydrogens (tertiary/aromatic N) is 1. The summed E-state index contributed by atoms with van der Waals surface area (Å²) in [5.41, 5.74) is 1.39. The highest BCUT2D eigenvalue weighted by Gasteiger charge is 2.40. The lowest BCUT2D eigenvalue weighted by Crippen LogP contribution is -2.31. The van der Waals surface area contributed by atoms with Crippen LogP contribution >= 0.6 is 0 Å². The number of rotatable bonds is 4. The molecule has 8 heteroatoms. The van der Waals surface area contributed by atoms with E-state index in [0.29, 0.717) is 40.1 Å². The van der Waals surface area contributed by atoms with Gasteiger partial charge in [-0.2, -0.15) is 5.26 Å². The molecule has 0 amide bonds. The zero-order chi connectivity index (χ0) is 19.8. The molecule has 2 aromatic rings. The van der Waals surface area contributed by atoms with Crippen LogP contribution in [0.2, 0.25) is 0 Å². The van der Waals surface area contributed by atoms with Gasteiger partial charge in [-0.15, -0.1) is 0 Å². The lowest BCUT2D eigenvalue weighted by atomic mass is 9.78. The van der Waals surface area contributed by atoms with Gasteiger partial charge in [-0.25, -0.2) is 0 Å². The summed E-state index contributed by atoms with van der Waals surface area (Å²) in [6.45, 7) is 0.0948. The Kier molecular flexibility index (Phi) is 4.35. The van der Waals surface area contributed by atoms with Crippen molar-refractivity contribution in [3.8, 4) is 40.6 Å². The molecule has 2 atom stereocenters. The van der Waals surface area contributed by atoms with Crippen LogP contribution in [0.15, 0.2) is 24.3 Å². The van der Waals surface area contributed by atoms with E-state index in [2.05, 4.69) is 6.07 Å². The van der Waals surface area contributed by atoms with Crippen LogP contribution in [0, 0.1) is 22.7 Å². The van der Waals surface area contributed by atoms with Gasteiger partial charge in [0.15, 0.2) is 11.5 Å². The normalized spacial score (nSPS) is 19.3. The maximum absolute atomic E-state index is 9.78. The second kappa shape index (κ2) is 6.85. The van der Waals surface area contributed by atoms with Gasteiger partial charge in [0.1, 0.15) is 23.2 Å². The van der Waals surface area contributed by atoms with E-state index < -0.39 is 11.8 Å². The number of nitrogens with one attached hydrogen (secondary N) is 1. The molecule has 8 nitrogen and oxygen atoms in total. The Morgan fingerprint density at radius 2 is 1.79 bits per heavy atom. The Morgan fingerprint density at radius 1 is 1.00 bits per heavy atom. The molecule has 0 fully saturated rings. The summed E-state index contributed by atoms with van der Waals surface area (Å²) in [7, 11) is 4.61. The lowest BCUT2D eigenvalue weighted by Gasteiger charge is -2.32. The van der Waals surface area contributed by atoms with E-state index in [1.54, 1.807) is 24.3 Å². The van der Waals surface area contributed by atoms with Crippen molar-refractivity contribution in [3.05, 3.63) is 35.4 Å². The first-order chi connectivity index (χ1) is 13.6. The highest BCUT2D eigenvalue weighted by Crippen LogP contribution is 2.51. The van der Waals surface area contributed by atoms with E-state index in [4.69, 9.17) is 33.8 Å². The summed E-state index contributed by atoms with van der Waals surface area (Å²) in [5, 5.41) is 18.0. The molecule has 2 unspecified atom stereocenters. The number of benzene rings is 2. The monoisotopic (exact) mass is 382 g/mol. The zero-order valence-corrected chi connectivity index (χ0v) is 15.6. The third kappa shape index (κ3) is 2.63. The molecule has 2 heterocycles. The number of nitriles is 1. The van der Waals surface area contributed by atoms with Gasteiger partial charge < -0.3 is 28.4 Å². The highest BCUT2D eigenvalue weighted by atomic mass is 16.7.